The van der Waals surface area contributed by atoms with Crippen LogP contribution in [-0.4, -0.2) is 71.8 Å². The first-order valence-electron chi connectivity index (χ1n) is 7.05. The number of hydrogen-bond donors (Lipinski definition) is 5. The Morgan fingerprint density at radius 2 is 1.57 bits per heavy atom. The maximum atomic E-state index is 12.0. The first-order valence-corrected chi connectivity index (χ1v) is 10.3. The smallest absolute Gasteiger partial charge is 0.367 e. The van der Waals surface area contributed by atoms with Gasteiger partial charge in [-0.25, -0.2) is 4.79 Å². The predicted octanol–water partition coefficient (Wildman–Crippen LogP) is 0.158. The van der Waals surface area contributed by atoms with Crippen molar-refractivity contribution in [3.63, 3.8) is 0 Å². The lowest BCUT2D eigenvalue weighted by Gasteiger charge is -2.42. The average molecular weight is 374 g/mol. The molecule has 2 amide bonds. The van der Waals surface area contributed by atoms with Gasteiger partial charge in [0.05, 0.1) is 12.1 Å². The van der Waals surface area contributed by atoms with Gasteiger partial charge in [-0.05, 0) is 13.3 Å². The molecule has 1 heterocycles. The first-order chi connectivity index (χ1) is 10.2. The molecular weight excluding hydrogens is 350 g/mol. The van der Waals surface area contributed by atoms with E-state index in [4.69, 9.17) is 0 Å². The van der Waals surface area contributed by atoms with Crippen molar-refractivity contribution in [1.29, 1.82) is 0 Å². The van der Waals surface area contributed by atoms with Crippen molar-refractivity contribution < 1.29 is 38.6 Å². The molecule has 0 spiro atoms. The molecule has 0 radical (unpaired) electrons. The molecule has 12 heteroatoms. The largest absolute Gasteiger partial charge is 0.369 e. The maximum absolute atomic E-state index is 12.0. The van der Waals surface area contributed by atoms with Gasteiger partial charge in [0.15, 0.2) is 0 Å². The molecule has 0 aromatic carbocycles. The van der Waals surface area contributed by atoms with Gasteiger partial charge in [-0.2, -0.15) is 0 Å². The van der Waals surface area contributed by atoms with Crippen molar-refractivity contribution in [2.45, 2.75) is 43.9 Å². The Hall–Kier alpha value is -0.470. The van der Waals surface area contributed by atoms with Crippen LogP contribution in [-0.2, 0) is 9.13 Å². The molecule has 3 atom stereocenters. The zero-order valence-corrected chi connectivity index (χ0v) is 15.2. The zero-order valence-electron chi connectivity index (χ0n) is 13.4. The summed E-state index contributed by atoms with van der Waals surface area (Å²) in [7, 11) is -8.37. The molecule has 10 nitrogen and oxygen atoms in total. The molecule has 1 aliphatic heterocycles. The fourth-order valence-corrected chi connectivity index (χ4v) is 6.00. The molecule has 0 aromatic heterocycles. The van der Waals surface area contributed by atoms with E-state index in [9.17, 15) is 38.6 Å². The van der Waals surface area contributed by atoms with Crippen LogP contribution in [0.4, 0.5) is 4.79 Å². The third-order valence-electron chi connectivity index (χ3n) is 4.52. The van der Waals surface area contributed by atoms with Crippen LogP contribution in [0.25, 0.3) is 0 Å². The zero-order chi connectivity index (χ0) is 18.4. The number of carbonyl (C=O) groups excluding carboxylic acids is 1. The van der Waals surface area contributed by atoms with Crippen molar-refractivity contribution in [3.05, 3.63) is 0 Å². The molecule has 1 fully saturated rings. The standard InChI is InChI=1S/C11H24N2O8P2/c1-5-6-8(9-7(2)12(3)10(14)13(9)4)11(15,22(16,17)18)23(19,20)21/h7-9,15H,5-6H2,1-4H3,(H2,16,17,18)(H2,19,20,21). The summed E-state index contributed by atoms with van der Waals surface area (Å²) in [4.78, 5) is 52.4. The van der Waals surface area contributed by atoms with E-state index in [-0.39, 0.29) is 6.42 Å². The molecule has 0 bridgehead atoms. The van der Waals surface area contributed by atoms with Gasteiger partial charge in [-0.15, -0.1) is 0 Å². The molecular formula is C11H24N2O8P2. The van der Waals surface area contributed by atoms with Crippen LogP contribution in [0.2, 0.25) is 0 Å². The van der Waals surface area contributed by atoms with Gasteiger partial charge in [-0.1, -0.05) is 13.3 Å². The number of nitrogens with zero attached hydrogens (tertiary/aromatic N) is 2. The highest BCUT2D eigenvalue weighted by molar-refractivity contribution is 7.72. The lowest BCUT2D eigenvalue weighted by molar-refractivity contribution is 0.0354. The Bertz CT molecular complexity index is 536. The minimum atomic E-state index is -5.60. The molecule has 0 aliphatic carbocycles. The van der Waals surface area contributed by atoms with E-state index in [1.54, 1.807) is 13.8 Å². The second-order valence-corrected chi connectivity index (χ2v) is 9.80. The quantitative estimate of drug-likeness (QED) is 0.411. The number of urea groups is 1. The SMILES string of the molecule is CCCC(C1C(C)N(C)C(=O)N1C)C(O)(P(=O)(O)O)P(=O)(O)O. The van der Waals surface area contributed by atoms with Crippen LogP contribution in [0, 0.1) is 5.92 Å². The van der Waals surface area contributed by atoms with Crippen molar-refractivity contribution in [1.82, 2.24) is 9.80 Å². The lowest BCUT2D eigenvalue weighted by atomic mass is 9.90. The van der Waals surface area contributed by atoms with E-state index in [1.807, 2.05) is 0 Å². The summed E-state index contributed by atoms with van der Waals surface area (Å²) < 4.78 is 23.6. The van der Waals surface area contributed by atoms with Crippen LogP contribution in [0.3, 0.4) is 0 Å². The van der Waals surface area contributed by atoms with Crippen LogP contribution < -0.4 is 0 Å². The minimum Gasteiger partial charge on any atom is -0.367 e. The Balaban J connectivity index is 3.54. The number of amides is 2. The number of rotatable bonds is 6. The Morgan fingerprint density at radius 1 is 1.13 bits per heavy atom. The molecule has 23 heavy (non-hydrogen) atoms. The summed E-state index contributed by atoms with van der Waals surface area (Å²) in [6.45, 7) is 3.24. The average Bonchev–Trinajstić information content (AvgIpc) is 2.58. The van der Waals surface area contributed by atoms with Crippen LogP contribution in [0.5, 0.6) is 0 Å². The first kappa shape index (κ1) is 20.6. The van der Waals surface area contributed by atoms with Crippen molar-refractivity contribution in [3.8, 4) is 0 Å². The highest BCUT2D eigenvalue weighted by Crippen LogP contribution is 2.72. The summed E-state index contributed by atoms with van der Waals surface area (Å²) in [6.07, 6.45) is 0.231. The normalized spacial score (nSPS) is 25.2. The van der Waals surface area contributed by atoms with E-state index in [1.165, 1.54) is 19.0 Å². The third kappa shape index (κ3) is 3.22. The van der Waals surface area contributed by atoms with Crippen molar-refractivity contribution in [2.24, 2.45) is 5.92 Å². The molecule has 0 saturated carbocycles. The molecule has 5 N–H and O–H groups in total. The van der Waals surface area contributed by atoms with Crippen molar-refractivity contribution >= 4 is 21.2 Å². The fourth-order valence-electron chi connectivity index (χ4n) is 3.22. The van der Waals surface area contributed by atoms with Gasteiger partial charge >= 0.3 is 21.2 Å². The molecule has 136 valence electrons. The van der Waals surface area contributed by atoms with Gasteiger partial charge in [0, 0.05) is 20.0 Å². The summed E-state index contributed by atoms with van der Waals surface area (Å²) in [5.41, 5.74) is 0. The Labute approximate surface area is 134 Å². The van der Waals surface area contributed by atoms with Gasteiger partial charge in [0.1, 0.15) is 0 Å². The van der Waals surface area contributed by atoms with Crippen LogP contribution in [0.1, 0.15) is 26.7 Å². The molecule has 1 rings (SSSR count). The topological polar surface area (TPSA) is 159 Å². The monoisotopic (exact) mass is 374 g/mol. The third-order valence-corrected chi connectivity index (χ3v) is 8.46. The van der Waals surface area contributed by atoms with Gasteiger partial charge in [0.25, 0.3) is 5.08 Å². The molecule has 0 aromatic rings. The summed E-state index contributed by atoms with van der Waals surface area (Å²) in [5, 5.41) is 6.91. The second-order valence-electron chi connectivity index (χ2n) is 5.91. The second kappa shape index (κ2) is 6.44. The minimum absolute atomic E-state index is 0.0762. The van der Waals surface area contributed by atoms with E-state index in [0.717, 1.165) is 4.90 Å². The fraction of sp³-hybridized carbons (Fsp3) is 0.909. The highest BCUT2D eigenvalue weighted by Gasteiger charge is 2.67. The van der Waals surface area contributed by atoms with Gasteiger partial charge in [-0.3, -0.25) is 9.13 Å². The van der Waals surface area contributed by atoms with E-state index < -0.39 is 44.3 Å². The Kier molecular flexibility index (Phi) is 5.76. The van der Waals surface area contributed by atoms with E-state index >= 15 is 0 Å². The van der Waals surface area contributed by atoms with Crippen LogP contribution in [0.15, 0.2) is 0 Å². The number of aliphatic hydroxyl groups is 1. The highest BCUT2D eigenvalue weighted by atomic mass is 31.2. The Morgan fingerprint density at radius 3 is 1.83 bits per heavy atom. The molecule has 1 saturated heterocycles. The summed E-state index contributed by atoms with van der Waals surface area (Å²) in [5.74, 6) is -1.50. The van der Waals surface area contributed by atoms with E-state index in [2.05, 4.69) is 0 Å². The summed E-state index contributed by atoms with van der Waals surface area (Å²) in [6, 6.07) is -2.01. The van der Waals surface area contributed by atoms with Gasteiger partial charge < -0.3 is 34.5 Å². The van der Waals surface area contributed by atoms with Crippen LogP contribution >= 0.6 is 15.2 Å². The number of hydrogen-bond acceptors (Lipinski definition) is 4. The lowest BCUT2D eigenvalue weighted by Crippen LogP contribution is -2.51. The van der Waals surface area contributed by atoms with Crippen molar-refractivity contribution in [2.75, 3.05) is 14.1 Å². The van der Waals surface area contributed by atoms with E-state index in [0.29, 0.717) is 6.42 Å². The number of carbonyl (C=O) groups is 1. The summed E-state index contributed by atoms with van der Waals surface area (Å²) >= 11 is 0. The number of likely N-dealkylation sites (N-methyl/N-ethyl adjacent to an activating group) is 2. The maximum Gasteiger partial charge on any atom is 0.369 e. The van der Waals surface area contributed by atoms with Gasteiger partial charge in [0.2, 0.25) is 0 Å². The molecule has 1 aliphatic rings. The predicted molar refractivity (Wildman–Crippen MR) is 81.6 cm³/mol. The molecule has 3 unspecified atom stereocenters.